The fraction of sp³-hybridized carbons (Fsp3) is 0.344. The highest BCUT2D eigenvalue weighted by molar-refractivity contribution is 6.01. The van der Waals surface area contributed by atoms with E-state index in [2.05, 4.69) is 46.7 Å². The van der Waals surface area contributed by atoms with Gasteiger partial charge in [0.25, 0.3) is 0 Å². The number of likely N-dealkylation sites (tertiary alicyclic amines) is 1. The first-order chi connectivity index (χ1) is 18.7. The Hall–Kier alpha value is -3.93. The van der Waals surface area contributed by atoms with E-state index in [1.165, 1.54) is 11.1 Å². The lowest BCUT2D eigenvalue weighted by Crippen LogP contribution is -2.45. The molecule has 5 rings (SSSR count). The summed E-state index contributed by atoms with van der Waals surface area (Å²) < 4.78 is 0. The number of unbranched alkanes of at least 4 members (excludes halogenated alkanes) is 1. The summed E-state index contributed by atoms with van der Waals surface area (Å²) in [5, 5.41) is 2.97. The van der Waals surface area contributed by atoms with E-state index >= 15 is 0 Å². The number of hydrogen-bond acceptors (Lipinski definition) is 3. The average Bonchev–Trinajstić information content (AvgIpc) is 3.13. The fourth-order valence-corrected chi connectivity index (χ4v) is 5.52. The molecule has 2 aromatic carbocycles. The summed E-state index contributed by atoms with van der Waals surface area (Å²) in [6, 6.07) is 20.5. The molecule has 2 aliphatic rings. The van der Waals surface area contributed by atoms with Crippen LogP contribution in [0.25, 0.3) is 6.08 Å². The average molecular weight is 509 g/mol. The van der Waals surface area contributed by atoms with Gasteiger partial charge in [0, 0.05) is 38.1 Å². The number of pyridine rings is 1. The highest BCUT2D eigenvalue weighted by Gasteiger charge is 2.31. The predicted molar refractivity (Wildman–Crippen MR) is 152 cm³/mol. The number of piperidine rings is 1. The Labute approximate surface area is 225 Å². The second-order valence-corrected chi connectivity index (χ2v) is 10.2. The molecule has 1 aromatic heterocycles. The van der Waals surface area contributed by atoms with Crippen LogP contribution in [0.4, 0.5) is 16.2 Å². The van der Waals surface area contributed by atoms with Crippen molar-refractivity contribution in [2.24, 2.45) is 5.92 Å². The van der Waals surface area contributed by atoms with Crippen molar-refractivity contribution in [1.29, 1.82) is 0 Å². The zero-order chi connectivity index (χ0) is 26.2. The lowest BCUT2D eigenvalue weighted by Gasteiger charge is -2.36. The maximum absolute atomic E-state index is 13.8. The van der Waals surface area contributed by atoms with E-state index in [4.69, 9.17) is 0 Å². The number of carbonyl (C=O) groups excluding carboxylic acids is 2. The molecule has 1 N–H and O–H groups in total. The van der Waals surface area contributed by atoms with Gasteiger partial charge in [-0.2, -0.15) is 0 Å². The third-order valence-corrected chi connectivity index (χ3v) is 7.66. The summed E-state index contributed by atoms with van der Waals surface area (Å²) in [7, 11) is 0. The first kappa shape index (κ1) is 25.7. The summed E-state index contributed by atoms with van der Waals surface area (Å²) >= 11 is 0. The molecule has 0 unspecified atom stereocenters. The lowest BCUT2D eigenvalue weighted by molar-refractivity contribution is -0.116. The Kier molecular flexibility index (Phi) is 8.49. The molecule has 3 heterocycles. The monoisotopic (exact) mass is 508 g/mol. The Balaban J connectivity index is 1.08. The van der Waals surface area contributed by atoms with Crippen molar-refractivity contribution in [3.63, 3.8) is 0 Å². The molecule has 6 heteroatoms. The minimum absolute atomic E-state index is 0.0719. The SMILES string of the molecule is O=C(C=Cc1cccnc1)NCCCCC1CCN(C(=O)N2c3ccccc3CCc3ccccc32)CC1. The van der Waals surface area contributed by atoms with E-state index in [0.717, 1.165) is 75.0 Å². The summed E-state index contributed by atoms with van der Waals surface area (Å²) in [5.41, 5.74) is 5.40. The summed E-state index contributed by atoms with van der Waals surface area (Å²) in [6.45, 7) is 2.27. The van der Waals surface area contributed by atoms with Gasteiger partial charge in [-0.25, -0.2) is 4.79 Å². The van der Waals surface area contributed by atoms with Gasteiger partial charge in [0.05, 0.1) is 11.4 Å². The van der Waals surface area contributed by atoms with Crippen molar-refractivity contribution in [3.8, 4) is 0 Å². The zero-order valence-electron chi connectivity index (χ0n) is 21.9. The summed E-state index contributed by atoms with van der Waals surface area (Å²) in [6.07, 6.45) is 13.9. The van der Waals surface area contributed by atoms with Crippen molar-refractivity contribution in [2.45, 2.75) is 44.9 Å². The molecule has 1 saturated heterocycles. The number of rotatable bonds is 7. The van der Waals surface area contributed by atoms with Crippen molar-refractivity contribution >= 4 is 29.4 Å². The second kappa shape index (κ2) is 12.5. The van der Waals surface area contributed by atoms with E-state index in [0.29, 0.717) is 12.5 Å². The predicted octanol–water partition coefficient (Wildman–Crippen LogP) is 6.15. The van der Waals surface area contributed by atoms with E-state index in [9.17, 15) is 9.59 Å². The maximum Gasteiger partial charge on any atom is 0.329 e. The molecule has 0 saturated carbocycles. The topological polar surface area (TPSA) is 65.5 Å². The van der Waals surface area contributed by atoms with Gasteiger partial charge in [-0.05, 0) is 79.0 Å². The van der Waals surface area contributed by atoms with Crippen molar-refractivity contribution in [2.75, 3.05) is 24.5 Å². The number of aryl methyl sites for hydroxylation is 2. The highest BCUT2D eigenvalue weighted by Crippen LogP contribution is 2.37. The van der Waals surface area contributed by atoms with Crippen LogP contribution in [-0.4, -0.2) is 41.5 Å². The second-order valence-electron chi connectivity index (χ2n) is 10.2. The van der Waals surface area contributed by atoms with Crippen LogP contribution in [0.5, 0.6) is 0 Å². The molecular formula is C32H36N4O2. The third kappa shape index (κ3) is 6.31. The van der Waals surface area contributed by atoms with Crippen LogP contribution < -0.4 is 10.2 Å². The number of nitrogens with one attached hydrogen (secondary N) is 1. The van der Waals surface area contributed by atoms with E-state index < -0.39 is 0 Å². The van der Waals surface area contributed by atoms with Crippen LogP contribution in [0.3, 0.4) is 0 Å². The number of nitrogens with zero attached hydrogens (tertiary/aromatic N) is 3. The third-order valence-electron chi connectivity index (χ3n) is 7.66. The molecule has 38 heavy (non-hydrogen) atoms. The lowest BCUT2D eigenvalue weighted by atomic mass is 9.91. The molecule has 6 nitrogen and oxygen atoms in total. The van der Waals surface area contributed by atoms with Crippen LogP contribution in [0.15, 0.2) is 79.1 Å². The zero-order valence-corrected chi connectivity index (χ0v) is 21.9. The number of amides is 3. The van der Waals surface area contributed by atoms with Gasteiger partial charge >= 0.3 is 6.03 Å². The molecule has 3 aromatic rings. The normalized spacial score (nSPS) is 15.6. The van der Waals surface area contributed by atoms with Gasteiger partial charge < -0.3 is 10.2 Å². The maximum atomic E-state index is 13.8. The molecular weight excluding hydrogens is 472 g/mol. The Morgan fingerprint density at radius 1 is 0.895 bits per heavy atom. The molecule has 196 valence electrons. The molecule has 3 amide bonds. The summed E-state index contributed by atoms with van der Waals surface area (Å²) in [4.78, 5) is 33.9. The number of aromatic nitrogens is 1. The van der Waals surface area contributed by atoms with Crippen LogP contribution in [0.1, 0.15) is 48.8 Å². The van der Waals surface area contributed by atoms with E-state index in [1.807, 2.05) is 34.1 Å². The van der Waals surface area contributed by atoms with Crippen molar-refractivity contribution in [3.05, 3.63) is 95.8 Å². The highest BCUT2D eigenvalue weighted by atomic mass is 16.2. The number of carbonyl (C=O) groups is 2. The molecule has 0 spiro atoms. The number of para-hydroxylation sites is 2. The van der Waals surface area contributed by atoms with Crippen LogP contribution in [-0.2, 0) is 17.6 Å². The molecule has 0 aliphatic carbocycles. The number of anilines is 2. The van der Waals surface area contributed by atoms with Crippen LogP contribution in [0.2, 0.25) is 0 Å². The minimum Gasteiger partial charge on any atom is -0.353 e. The van der Waals surface area contributed by atoms with Crippen LogP contribution in [0, 0.1) is 5.92 Å². The Morgan fingerprint density at radius 3 is 2.24 bits per heavy atom. The Bertz CT molecular complexity index is 1220. The first-order valence-corrected chi connectivity index (χ1v) is 13.8. The smallest absolute Gasteiger partial charge is 0.329 e. The Morgan fingerprint density at radius 2 is 1.58 bits per heavy atom. The molecule has 1 fully saturated rings. The van der Waals surface area contributed by atoms with Gasteiger partial charge in [0.15, 0.2) is 0 Å². The summed E-state index contributed by atoms with van der Waals surface area (Å²) in [5.74, 6) is 0.557. The largest absolute Gasteiger partial charge is 0.353 e. The first-order valence-electron chi connectivity index (χ1n) is 13.8. The van der Waals surface area contributed by atoms with Gasteiger partial charge in [0.1, 0.15) is 0 Å². The molecule has 0 radical (unpaired) electrons. The molecule has 0 atom stereocenters. The molecule has 0 bridgehead atoms. The van der Waals surface area contributed by atoms with Gasteiger partial charge in [-0.3, -0.25) is 14.7 Å². The fourth-order valence-electron chi connectivity index (χ4n) is 5.52. The van der Waals surface area contributed by atoms with E-state index in [1.54, 1.807) is 24.5 Å². The van der Waals surface area contributed by atoms with Gasteiger partial charge in [0.2, 0.25) is 5.91 Å². The number of hydrogen-bond donors (Lipinski definition) is 1. The number of urea groups is 1. The van der Waals surface area contributed by atoms with Gasteiger partial charge in [-0.15, -0.1) is 0 Å². The quantitative estimate of drug-likeness (QED) is 0.307. The molecule has 2 aliphatic heterocycles. The van der Waals surface area contributed by atoms with Crippen LogP contribution >= 0.6 is 0 Å². The minimum atomic E-state index is -0.0719. The van der Waals surface area contributed by atoms with E-state index in [-0.39, 0.29) is 11.9 Å². The number of benzene rings is 2. The standard InChI is InChI=1S/C32H36N4O2/c37-31(17-14-26-9-7-20-33-24-26)34-21-6-5-8-25-18-22-35(23-19-25)32(38)36-29-12-3-1-10-27(29)15-16-28-11-2-4-13-30(28)36/h1-4,7,9-14,17,20,24-25H,5-6,8,15-16,18-19,21-23H2,(H,34,37). The number of fused-ring (bicyclic) bond motifs is 2. The van der Waals surface area contributed by atoms with Crippen molar-refractivity contribution in [1.82, 2.24) is 15.2 Å². The van der Waals surface area contributed by atoms with Gasteiger partial charge in [-0.1, -0.05) is 55.3 Å². The van der Waals surface area contributed by atoms with Crippen molar-refractivity contribution < 1.29 is 9.59 Å².